The number of aromatic nitrogens is 4. The molecule has 188 valence electrons. The summed E-state index contributed by atoms with van der Waals surface area (Å²) in [6.45, 7) is 0.446. The van der Waals surface area contributed by atoms with Gasteiger partial charge in [-0.25, -0.2) is 0 Å². The van der Waals surface area contributed by atoms with Crippen molar-refractivity contribution < 1.29 is 9.72 Å². The van der Waals surface area contributed by atoms with E-state index in [0.717, 1.165) is 44.1 Å². The molecule has 0 radical (unpaired) electrons. The van der Waals surface area contributed by atoms with Crippen molar-refractivity contribution in [2.24, 2.45) is 17.3 Å². The topological polar surface area (TPSA) is 108 Å². The van der Waals surface area contributed by atoms with E-state index in [9.17, 15) is 14.9 Å². The number of carbonyl (C=O) groups is 1. The number of nitro groups is 1. The van der Waals surface area contributed by atoms with Crippen LogP contribution in [0.4, 0.5) is 11.5 Å². The molecule has 2 atom stereocenters. The number of halogens is 2. The molecule has 1 amide bonds. The molecule has 0 saturated heterocycles. The normalized spacial score (nSPS) is 28.4. The zero-order valence-corrected chi connectivity index (χ0v) is 21.1. The van der Waals surface area contributed by atoms with Crippen LogP contribution >= 0.6 is 23.2 Å². The summed E-state index contributed by atoms with van der Waals surface area (Å²) in [4.78, 5) is 24.1. The van der Waals surface area contributed by atoms with Crippen molar-refractivity contribution in [1.82, 2.24) is 19.6 Å². The smallest absolute Gasteiger partial charge is 0.307 e. The Kier molecular flexibility index (Phi) is 5.60. The lowest BCUT2D eigenvalue weighted by Gasteiger charge is -2.61. The predicted octanol–water partition coefficient (Wildman–Crippen LogP) is 5.67. The van der Waals surface area contributed by atoms with E-state index in [2.05, 4.69) is 15.5 Å². The number of anilines is 1. The van der Waals surface area contributed by atoms with Gasteiger partial charge in [0, 0.05) is 17.6 Å². The Morgan fingerprint density at radius 2 is 1.89 bits per heavy atom. The summed E-state index contributed by atoms with van der Waals surface area (Å²) in [5, 5.41) is 24.1. The fourth-order valence-corrected chi connectivity index (χ4v) is 7.82. The summed E-state index contributed by atoms with van der Waals surface area (Å²) < 4.78 is 3.49. The Bertz CT molecular complexity index is 1340. The molecule has 4 bridgehead atoms. The fraction of sp³-hybridized carbons (Fsp3) is 0.480. The molecule has 4 fully saturated rings. The highest BCUT2D eigenvalue weighted by molar-refractivity contribution is 6.33. The SMILES string of the molecule is O=C(CC12CC3CC(C1)CC(n1cc([N+](=O)[O-])cn1)(C3)C2)Nc1nn(Cc2ccccc2Cl)cc1Cl. The van der Waals surface area contributed by atoms with Crippen LogP contribution in [0.5, 0.6) is 0 Å². The van der Waals surface area contributed by atoms with Crippen molar-refractivity contribution in [2.75, 3.05) is 5.32 Å². The monoisotopic (exact) mass is 528 g/mol. The van der Waals surface area contributed by atoms with Crippen LogP contribution in [0.25, 0.3) is 0 Å². The molecule has 0 aliphatic heterocycles. The molecular weight excluding hydrogens is 503 g/mol. The molecule has 4 saturated carbocycles. The summed E-state index contributed by atoms with van der Waals surface area (Å²) in [6, 6.07) is 7.53. The summed E-state index contributed by atoms with van der Waals surface area (Å²) in [5.74, 6) is 1.24. The van der Waals surface area contributed by atoms with Gasteiger partial charge in [-0.05, 0) is 67.4 Å². The molecule has 7 rings (SSSR count). The van der Waals surface area contributed by atoms with Gasteiger partial charge in [0.15, 0.2) is 5.82 Å². The number of rotatable bonds is 7. The molecule has 4 aliphatic rings. The van der Waals surface area contributed by atoms with Crippen molar-refractivity contribution in [3.05, 3.63) is 68.6 Å². The molecule has 4 aliphatic carbocycles. The first-order valence-electron chi connectivity index (χ1n) is 12.2. The van der Waals surface area contributed by atoms with E-state index in [1.807, 2.05) is 28.9 Å². The molecular formula is C25H26Cl2N6O3. The third kappa shape index (κ3) is 4.18. The van der Waals surface area contributed by atoms with Crippen LogP contribution in [0.15, 0.2) is 42.9 Å². The number of hydrogen-bond acceptors (Lipinski definition) is 5. The fourth-order valence-electron chi connectivity index (χ4n) is 7.42. The second kappa shape index (κ2) is 8.59. The van der Waals surface area contributed by atoms with E-state index in [4.69, 9.17) is 23.2 Å². The number of benzene rings is 1. The molecule has 3 aromatic rings. The first-order valence-corrected chi connectivity index (χ1v) is 12.9. The van der Waals surface area contributed by atoms with Gasteiger partial charge in [-0.3, -0.25) is 24.3 Å². The van der Waals surface area contributed by atoms with Crippen molar-refractivity contribution in [2.45, 2.75) is 57.0 Å². The molecule has 0 spiro atoms. The van der Waals surface area contributed by atoms with Gasteiger partial charge in [0.25, 0.3) is 0 Å². The van der Waals surface area contributed by atoms with Gasteiger partial charge in [0.2, 0.25) is 5.91 Å². The van der Waals surface area contributed by atoms with Gasteiger partial charge in [-0.1, -0.05) is 41.4 Å². The maximum Gasteiger partial charge on any atom is 0.307 e. The zero-order chi connectivity index (χ0) is 25.1. The predicted molar refractivity (Wildman–Crippen MR) is 135 cm³/mol. The van der Waals surface area contributed by atoms with Gasteiger partial charge in [0.1, 0.15) is 17.4 Å². The molecule has 2 unspecified atom stereocenters. The maximum absolute atomic E-state index is 13.3. The van der Waals surface area contributed by atoms with Gasteiger partial charge >= 0.3 is 5.69 Å². The van der Waals surface area contributed by atoms with E-state index in [1.165, 1.54) is 6.20 Å². The summed E-state index contributed by atoms with van der Waals surface area (Å²) in [6.07, 6.45) is 10.8. The molecule has 2 heterocycles. The van der Waals surface area contributed by atoms with Gasteiger partial charge in [0.05, 0.1) is 17.0 Å². The minimum atomic E-state index is -0.401. The lowest BCUT2D eigenvalue weighted by Crippen LogP contribution is -2.57. The molecule has 2 aromatic heterocycles. The van der Waals surface area contributed by atoms with Gasteiger partial charge in [-0.15, -0.1) is 0 Å². The van der Waals surface area contributed by atoms with Crippen molar-refractivity contribution >= 4 is 40.6 Å². The van der Waals surface area contributed by atoms with E-state index < -0.39 is 4.92 Å². The van der Waals surface area contributed by atoms with Crippen LogP contribution < -0.4 is 5.32 Å². The van der Waals surface area contributed by atoms with Crippen molar-refractivity contribution in [3.63, 3.8) is 0 Å². The lowest BCUT2D eigenvalue weighted by atomic mass is 9.46. The minimum absolute atomic E-state index is 0.0135. The summed E-state index contributed by atoms with van der Waals surface area (Å²) in [5.41, 5.74) is 0.516. The quantitative estimate of drug-likeness (QED) is 0.314. The number of nitrogens with zero attached hydrogens (tertiary/aromatic N) is 5. The van der Waals surface area contributed by atoms with E-state index in [1.54, 1.807) is 17.1 Å². The second-order valence-corrected chi connectivity index (χ2v) is 11.7. The number of amides is 1. The highest BCUT2D eigenvalue weighted by Gasteiger charge is 2.59. The minimum Gasteiger partial charge on any atom is -0.308 e. The van der Waals surface area contributed by atoms with Crippen LogP contribution in [0.1, 0.15) is 50.5 Å². The Balaban J connectivity index is 1.18. The number of carbonyl (C=O) groups excluding carboxylic acids is 1. The average Bonchev–Trinajstić information content (AvgIpc) is 3.42. The highest BCUT2D eigenvalue weighted by atomic mass is 35.5. The third-order valence-electron chi connectivity index (χ3n) is 8.22. The summed E-state index contributed by atoms with van der Waals surface area (Å²) in [7, 11) is 0. The van der Waals surface area contributed by atoms with E-state index >= 15 is 0 Å². The lowest BCUT2D eigenvalue weighted by molar-refractivity contribution is -0.385. The highest BCUT2D eigenvalue weighted by Crippen LogP contribution is 2.65. The Morgan fingerprint density at radius 1 is 1.14 bits per heavy atom. The Morgan fingerprint density at radius 3 is 2.58 bits per heavy atom. The number of nitrogens with one attached hydrogen (secondary N) is 1. The van der Waals surface area contributed by atoms with Crippen LogP contribution in [-0.2, 0) is 16.9 Å². The molecule has 1 aromatic carbocycles. The van der Waals surface area contributed by atoms with Crippen molar-refractivity contribution in [3.8, 4) is 0 Å². The first-order chi connectivity index (χ1) is 17.2. The molecule has 11 heteroatoms. The van der Waals surface area contributed by atoms with E-state index in [-0.39, 0.29) is 22.5 Å². The Hall–Kier alpha value is -2.91. The molecule has 9 nitrogen and oxygen atoms in total. The van der Waals surface area contributed by atoms with Crippen LogP contribution in [-0.4, -0.2) is 30.4 Å². The van der Waals surface area contributed by atoms with Crippen molar-refractivity contribution in [1.29, 1.82) is 0 Å². The summed E-state index contributed by atoms with van der Waals surface area (Å²) >= 11 is 12.7. The second-order valence-electron chi connectivity index (χ2n) is 10.9. The van der Waals surface area contributed by atoms with Crippen LogP contribution in [0.3, 0.4) is 0 Å². The first kappa shape index (κ1) is 23.5. The zero-order valence-electron chi connectivity index (χ0n) is 19.6. The largest absolute Gasteiger partial charge is 0.308 e. The maximum atomic E-state index is 13.3. The van der Waals surface area contributed by atoms with E-state index in [0.29, 0.717) is 40.7 Å². The molecule has 1 N–H and O–H groups in total. The number of hydrogen-bond donors (Lipinski definition) is 1. The Labute approximate surface area is 217 Å². The van der Waals surface area contributed by atoms with Crippen LogP contribution in [0, 0.1) is 27.4 Å². The van der Waals surface area contributed by atoms with Crippen LogP contribution in [0.2, 0.25) is 10.0 Å². The van der Waals surface area contributed by atoms with Gasteiger partial charge < -0.3 is 5.32 Å². The average molecular weight is 529 g/mol. The van der Waals surface area contributed by atoms with Gasteiger partial charge in [-0.2, -0.15) is 10.2 Å². The third-order valence-corrected chi connectivity index (χ3v) is 8.86. The standard InChI is InChI=1S/C25H26Cl2N6O3/c26-20-4-2-1-3-18(20)12-31-14-21(27)23(30-31)29-22(34)10-24-6-16-5-17(7-24)9-25(8-16,15-24)32-13-19(11-28-32)33(35)36/h1-4,11,13-14,16-17H,5-10,12,15H2,(H,29,30,34). The molecule has 36 heavy (non-hydrogen) atoms.